The Hall–Kier alpha value is -3.21. The van der Waals surface area contributed by atoms with Crippen molar-refractivity contribution in [2.24, 2.45) is 0 Å². The number of aromatic nitrogens is 2. The minimum Gasteiger partial charge on any atom is -0.340 e. The van der Waals surface area contributed by atoms with Crippen molar-refractivity contribution in [3.8, 4) is 0 Å². The smallest absolute Gasteiger partial charge is 0.258 e. The maximum atomic E-state index is 12.7. The molecule has 0 aliphatic heterocycles. The highest BCUT2D eigenvalue weighted by atomic mass is 16.1. The number of benzene rings is 2. The maximum Gasteiger partial charge on any atom is 0.258 e. The van der Waals surface area contributed by atoms with Crippen molar-refractivity contribution >= 4 is 17.5 Å². The van der Waals surface area contributed by atoms with Gasteiger partial charge in [-0.25, -0.2) is 9.97 Å². The number of anilines is 2. The molecule has 0 bridgehead atoms. The van der Waals surface area contributed by atoms with Crippen LogP contribution in [0.3, 0.4) is 0 Å². The molecule has 1 N–H and O–H groups in total. The molecule has 0 saturated heterocycles. The second-order valence-electron chi connectivity index (χ2n) is 7.86. The lowest BCUT2D eigenvalue weighted by molar-refractivity contribution is 0.102. The lowest BCUT2D eigenvalue weighted by atomic mass is 9.86. The van der Waals surface area contributed by atoms with Crippen LogP contribution in [0, 0.1) is 0 Å². The van der Waals surface area contributed by atoms with E-state index in [0.29, 0.717) is 18.1 Å². The van der Waals surface area contributed by atoms with Gasteiger partial charge in [0.05, 0.1) is 5.56 Å². The van der Waals surface area contributed by atoms with E-state index < -0.39 is 0 Å². The van der Waals surface area contributed by atoms with Crippen molar-refractivity contribution in [2.75, 3.05) is 17.3 Å². The Balaban J connectivity index is 1.71. The first-order valence-corrected chi connectivity index (χ1v) is 9.32. The highest BCUT2D eigenvalue weighted by molar-refractivity contribution is 6.04. The monoisotopic (exact) mass is 374 g/mol. The molecule has 1 heterocycles. The summed E-state index contributed by atoms with van der Waals surface area (Å²) in [7, 11) is 1.93. The van der Waals surface area contributed by atoms with Gasteiger partial charge in [-0.2, -0.15) is 0 Å². The summed E-state index contributed by atoms with van der Waals surface area (Å²) < 4.78 is 0. The standard InChI is InChI=1S/C23H26N4O/c1-23(2,3)19-12-8-9-13-20(19)26-21(28)18-14-24-22(25-15-18)27(4)16-17-10-6-5-7-11-17/h5-15H,16H2,1-4H3,(H,26,28). The van der Waals surface area contributed by atoms with Crippen molar-refractivity contribution in [1.29, 1.82) is 0 Å². The van der Waals surface area contributed by atoms with Gasteiger partial charge in [0.25, 0.3) is 5.91 Å². The number of carbonyl (C=O) groups is 1. The van der Waals surface area contributed by atoms with Gasteiger partial charge in [0.2, 0.25) is 5.95 Å². The summed E-state index contributed by atoms with van der Waals surface area (Å²) in [5.74, 6) is 0.365. The Bertz CT molecular complexity index is 931. The van der Waals surface area contributed by atoms with Crippen LogP contribution in [0.15, 0.2) is 67.0 Å². The molecule has 3 rings (SSSR count). The minimum atomic E-state index is -0.214. The van der Waals surface area contributed by atoms with E-state index in [2.05, 4.69) is 48.2 Å². The zero-order valence-electron chi connectivity index (χ0n) is 16.8. The van der Waals surface area contributed by atoms with E-state index >= 15 is 0 Å². The van der Waals surface area contributed by atoms with Crippen LogP contribution < -0.4 is 10.2 Å². The van der Waals surface area contributed by atoms with E-state index in [1.807, 2.05) is 54.4 Å². The number of nitrogens with zero attached hydrogens (tertiary/aromatic N) is 3. The Morgan fingerprint density at radius 2 is 1.57 bits per heavy atom. The van der Waals surface area contributed by atoms with Gasteiger partial charge in [-0.3, -0.25) is 4.79 Å². The fraction of sp³-hybridized carbons (Fsp3) is 0.261. The van der Waals surface area contributed by atoms with E-state index in [9.17, 15) is 4.79 Å². The molecule has 0 unspecified atom stereocenters. The molecule has 3 aromatic rings. The molecule has 2 aromatic carbocycles. The van der Waals surface area contributed by atoms with Crippen molar-refractivity contribution in [3.63, 3.8) is 0 Å². The predicted molar refractivity (Wildman–Crippen MR) is 114 cm³/mol. The first-order chi connectivity index (χ1) is 13.3. The van der Waals surface area contributed by atoms with Crippen LogP contribution in [0.1, 0.15) is 42.3 Å². The summed E-state index contributed by atoms with van der Waals surface area (Å²) in [5.41, 5.74) is 3.44. The van der Waals surface area contributed by atoms with Crippen LogP contribution in [0.5, 0.6) is 0 Å². The van der Waals surface area contributed by atoms with Crippen LogP contribution in [0.2, 0.25) is 0 Å². The minimum absolute atomic E-state index is 0.0651. The molecule has 1 amide bonds. The lowest BCUT2D eigenvalue weighted by Gasteiger charge is -2.23. The predicted octanol–water partition coefficient (Wildman–Crippen LogP) is 4.66. The second-order valence-corrected chi connectivity index (χ2v) is 7.86. The molecule has 0 aliphatic carbocycles. The SMILES string of the molecule is CN(Cc1ccccc1)c1ncc(C(=O)Nc2ccccc2C(C)(C)C)cn1. The molecular formula is C23H26N4O. The topological polar surface area (TPSA) is 58.1 Å². The van der Waals surface area contributed by atoms with Crippen molar-refractivity contribution in [1.82, 2.24) is 9.97 Å². The van der Waals surface area contributed by atoms with E-state index in [1.54, 1.807) is 12.4 Å². The molecule has 0 atom stereocenters. The number of nitrogens with one attached hydrogen (secondary N) is 1. The Kier molecular flexibility index (Phi) is 5.73. The second kappa shape index (κ2) is 8.21. The number of rotatable bonds is 5. The molecule has 28 heavy (non-hydrogen) atoms. The van der Waals surface area contributed by atoms with Gasteiger partial charge in [-0.1, -0.05) is 69.3 Å². The van der Waals surface area contributed by atoms with E-state index in [1.165, 1.54) is 5.56 Å². The number of carbonyl (C=O) groups excluding carboxylic acids is 1. The average molecular weight is 374 g/mol. The molecule has 5 nitrogen and oxygen atoms in total. The summed E-state index contributed by atoms with van der Waals surface area (Å²) in [6.45, 7) is 7.07. The third-order valence-corrected chi connectivity index (χ3v) is 4.49. The number of hydrogen-bond acceptors (Lipinski definition) is 4. The van der Waals surface area contributed by atoms with Crippen molar-refractivity contribution in [3.05, 3.63) is 83.7 Å². The Morgan fingerprint density at radius 1 is 0.964 bits per heavy atom. The fourth-order valence-electron chi connectivity index (χ4n) is 3.00. The first kappa shape index (κ1) is 19.5. The number of para-hydroxylation sites is 1. The number of amides is 1. The third kappa shape index (κ3) is 4.74. The molecule has 1 aromatic heterocycles. The van der Waals surface area contributed by atoms with Gasteiger partial charge >= 0.3 is 0 Å². The largest absolute Gasteiger partial charge is 0.340 e. The molecule has 5 heteroatoms. The van der Waals surface area contributed by atoms with Crippen LogP contribution in [0.4, 0.5) is 11.6 Å². The quantitative estimate of drug-likeness (QED) is 0.705. The van der Waals surface area contributed by atoms with Gasteiger partial charge < -0.3 is 10.2 Å². The van der Waals surface area contributed by atoms with E-state index in [4.69, 9.17) is 0 Å². The average Bonchev–Trinajstić information content (AvgIpc) is 2.68. The Morgan fingerprint density at radius 3 is 2.21 bits per heavy atom. The highest BCUT2D eigenvalue weighted by Gasteiger charge is 2.19. The van der Waals surface area contributed by atoms with Gasteiger partial charge in [0.1, 0.15) is 0 Å². The summed E-state index contributed by atoms with van der Waals surface area (Å²) in [6.07, 6.45) is 3.14. The summed E-state index contributed by atoms with van der Waals surface area (Å²) in [5, 5.41) is 2.99. The lowest BCUT2D eigenvalue weighted by Crippen LogP contribution is -2.21. The van der Waals surface area contributed by atoms with Gasteiger partial charge in [-0.15, -0.1) is 0 Å². The van der Waals surface area contributed by atoms with Gasteiger partial charge in [0.15, 0.2) is 0 Å². The maximum absolute atomic E-state index is 12.7. The molecule has 144 valence electrons. The summed E-state index contributed by atoms with van der Waals surface area (Å²) >= 11 is 0. The van der Waals surface area contributed by atoms with Crippen LogP contribution >= 0.6 is 0 Å². The first-order valence-electron chi connectivity index (χ1n) is 9.32. The molecule has 0 fully saturated rings. The zero-order valence-corrected chi connectivity index (χ0v) is 16.8. The van der Waals surface area contributed by atoms with Crippen LogP contribution in [-0.4, -0.2) is 22.9 Å². The zero-order chi connectivity index (χ0) is 20.1. The molecule has 0 saturated carbocycles. The van der Waals surface area contributed by atoms with Crippen molar-refractivity contribution in [2.45, 2.75) is 32.7 Å². The molecule has 0 spiro atoms. The normalized spacial score (nSPS) is 11.1. The van der Waals surface area contributed by atoms with Crippen molar-refractivity contribution < 1.29 is 4.79 Å². The molecule has 0 radical (unpaired) electrons. The van der Waals surface area contributed by atoms with Gasteiger partial charge in [0, 0.05) is 31.7 Å². The summed E-state index contributed by atoms with van der Waals surface area (Å²) in [4.78, 5) is 23.3. The highest BCUT2D eigenvalue weighted by Crippen LogP contribution is 2.29. The fourth-order valence-corrected chi connectivity index (χ4v) is 3.00. The number of hydrogen-bond donors (Lipinski definition) is 1. The summed E-state index contributed by atoms with van der Waals surface area (Å²) in [6, 6.07) is 18.0. The Labute approximate surface area is 166 Å². The van der Waals surface area contributed by atoms with Crippen LogP contribution in [-0.2, 0) is 12.0 Å². The third-order valence-electron chi connectivity index (χ3n) is 4.49. The van der Waals surface area contributed by atoms with E-state index in [0.717, 1.165) is 11.3 Å². The van der Waals surface area contributed by atoms with Crippen LogP contribution in [0.25, 0.3) is 0 Å². The molecular weight excluding hydrogens is 348 g/mol. The molecule has 0 aliphatic rings. The van der Waals surface area contributed by atoms with Gasteiger partial charge in [-0.05, 0) is 22.6 Å². The van der Waals surface area contributed by atoms with E-state index in [-0.39, 0.29) is 11.3 Å².